The first-order valence-electron chi connectivity index (χ1n) is 10.7. The smallest absolute Gasteiger partial charge is 0.0404 e. The normalized spacial score (nSPS) is 20.9. The Kier molecular flexibility index (Phi) is 7.79. The summed E-state index contributed by atoms with van der Waals surface area (Å²) in [5, 5.41) is 0.332. The zero-order valence-electron chi connectivity index (χ0n) is 16.9. The van der Waals surface area contributed by atoms with E-state index in [1.807, 2.05) is 0 Å². The molecule has 27 heavy (non-hydrogen) atoms. The maximum absolute atomic E-state index is 6.47. The lowest BCUT2D eigenvalue weighted by Gasteiger charge is -2.28. The van der Waals surface area contributed by atoms with Crippen LogP contribution in [-0.2, 0) is 12.8 Å². The van der Waals surface area contributed by atoms with E-state index in [9.17, 15) is 0 Å². The Morgan fingerprint density at radius 2 is 1.67 bits per heavy atom. The summed E-state index contributed by atoms with van der Waals surface area (Å²) in [7, 11) is 0. The molecule has 1 fully saturated rings. The topological polar surface area (TPSA) is 3.24 Å². The van der Waals surface area contributed by atoms with Gasteiger partial charge >= 0.3 is 0 Å². The minimum atomic E-state index is 0.332. The number of hydrogen-bond acceptors (Lipinski definition) is 1. The number of likely N-dealkylation sites (N-methyl/N-ethyl adjacent to an activating group) is 1. The Balaban J connectivity index is 1.47. The highest BCUT2D eigenvalue weighted by atomic mass is 35.5. The van der Waals surface area contributed by atoms with Crippen LogP contribution >= 0.6 is 11.6 Å². The van der Waals surface area contributed by atoms with Gasteiger partial charge in [-0.25, -0.2) is 0 Å². The molecule has 3 rings (SSSR count). The molecule has 0 spiro atoms. The summed E-state index contributed by atoms with van der Waals surface area (Å²) in [6.07, 6.45) is 7.18. The molecule has 2 heteroatoms. The predicted molar refractivity (Wildman–Crippen MR) is 118 cm³/mol. The molecule has 0 saturated heterocycles. The lowest BCUT2D eigenvalue weighted by molar-refractivity contribution is 0.212. The second-order valence-corrected chi connectivity index (χ2v) is 8.61. The molecule has 0 radical (unpaired) electrons. The molecular formula is C25H34ClN. The summed E-state index contributed by atoms with van der Waals surface area (Å²) < 4.78 is 0. The highest BCUT2D eigenvalue weighted by Gasteiger charge is 2.26. The van der Waals surface area contributed by atoms with Crippen molar-refractivity contribution >= 4 is 11.6 Å². The van der Waals surface area contributed by atoms with Crippen molar-refractivity contribution in [2.45, 2.75) is 69.7 Å². The summed E-state index contributed by atoms with van der Waals surface area (Å²) in [6.45, 7) is 6.91. The molecule has 2 aromatic rings. The van der Waals surface area contributed by atoms with Crippen LogP contribution in [0.3, 0.4) is 0 Å². The number of rotatable bonds is 9. The summed E-state index contributed by atoms with van der Waals surface area (Å²) in [5.74, 6) is 0.563. The Hall–Kier alpha value is -1.31. The third-order valence-electron chi connectivity index (χ3n) is 6.25. The Morgan fingerprint density at radius 1 is 0.963 bits per heavy atom. The van der Waals surface area contributed by atoms with Crippen LogP contribution in [0.25, 0.3) is 0 Å². The highest BCUT2D eigenvalue weighted by Crippen LogP contribution is 2.38. The molecule has 1 aliphatic rings. The maximum Gasteiger partial charge on any atom is 0.0404 e. The maximum atomic E-state index is 6.47. The number of alkyl halides is 1. The highest BCUT2D eigenvalue weighted by molar-refractivity contribution is 6.21. The number of benzene rings is 2. The van der Waals surface area contributed by atoms with Gasteiger partial charge in [0.25, 0.3) is 0 Å². The van der Waals surface area contributed by atoms with E-state index in [4.69, 9.17) is 11.6 Å². The quantitative estimate of drug-likeness (QED) is 0.450. The molecule has 0 aromatic heterocycles. The minimum Gasteiger partial charge on any atom is -0.301 e. The fourth-order valence-corrected chi connectivity index (χ4v) is 4.81. The second-order valence-electron chi connectivity index (χ2n) is 8.05. The van der Waals surface area contributed by atoms with E-state index in [0.717, 1.165) is 25.9 Å². The Morgan fingerprint density at radius 3 is 2.30 bits per heavy atom. The van der Waals surface area contributed by atoms with Crippen molar-refractivity contribution in [1.82, 2.24) is 4.90 Å². The Labute approximate surface area is 170 Å². The van der Waals surface area contributed by atoms with E-state index in [2.05, 4.69) is 73.3 Å². The number of halogens is 1. The van der Waals surface area contributed by atoms with Crippen LogP contribution < -0.4 is 0 Å². The van der Waals surface area contributed by atoms with Crippen molar-refractivity contribution < 1.29 is 0 Å². The van der Waals surface area contributed by atoms with E-state index in [1.54, 1.807) is 0 Å². The zero-order valence-corrected chi connectivity index (χ0v) is 17.7. The van der Waals surface area contributed by atoms with Crippen molar-refractivity contribution in [3.05, 3.63) is 71.3 Å². The molecule has 0 amide bonds. The zero-order chi connectivity index (χ0) is 19.1. The molecule has 3 atom stereocenters. The first-order valence-corrected chi connectivity index (χ1v) is 11.1. The monoisotopic (exact) mass is 383 g/mol. The first kappa shape index (κ1) is 20.4. The largest absolute Gasteiger partial charge is 0.301 e. The van der Waals surface area contributed by atoms with Crippen molar-refractivity contribution in [3.8, 4) is 0 Å². The van der Waals surface area contributed by atoms with Gasteiger partial charge in [0.05, 0.1) is 0 Å². The first-order chi connectivity index (χ1) is 13.2. The fourth-order valence-electron chi connectivity index (χ4n) is 4.39. The molecule has 0 heterocycles. The molecule has 1 nitrogen and oxygen atoms in total. The molecule has 0 bridgehead atoms. The van der Waals surface area contributed by atoms with Gasteiger partial charge in [-0.3, -0.25) is 0 Å². The number of aryl methyl sites for hydroxylation is 1. The van der Waals surface area contributed by atoms with Crippen LogP contribution in [0.4, 0.5) is 0 Å². The summed E-state index contributed by atoms with van der Waals surface area (Å²) in [4.78, 5) is 2.61. The lowest BCUT2D eigenvalue weighted by Crippen LogP contribution is -2.35. The predicted octanol–water partition coefficient (Wildman–Crippen LogP) is 6.45. The molecule has 0 aliphatic heterocycles. The standard InChI is InChI=1S/C25H34ClN/c1-3-27(19-18-21-8-5-4-6-9-21)20(2)12-13-22-14-16-23(17-15-22)24-10-7-11-25(24)26/h4-6,8-9,14-17,20,24-25H,3,7,10-13,18-19H2,1-2H3. The van der Waals surface area contributed by atoms with E-state index in [0.29, 0.717) is 17.3 Å². The third-order valence-corrected chi connectivity index (χ3v) is 6.77. The molecule has 146 valence electrons. The summed E-state index contributed by atoms with van der Waals surface area (Å²) in [5.41, 5.74) is 4.32. The van der Waals surface area contributed by atoms with E-state index >= 15 is 0 Å². The van der Waals surface area contributed by atoms with Gasteiger partial charge in [0.1, 0.15) is 0 Å². The van der Waals surface area contributed by atoms with Gasteiger partial charge in [0, 0.05) is 23.9 Å². The van der Waals surface area contributed by atoms with Crippen LogP contribution in [-0.4, -0.2) is 29.4 Å². The van der Waals surface area contributed by atoms with Crippen LogP contribution in [0.5, 0.6) is 0 Å². The lowest BCUT2D eigenvalue weighted by atomic mass is 9.95. The van der Waals surface area contributed by atoms with Gasteiger partial charge in [-0.15, -0.1) is 11.6 Å². The molecular weight excluding hydrogens is 350 g/mol. The van der Waals surface area contributed by atoms with E-state index < -0.39 is 0 Å². The number of nitrogens with zero attached hydrogens (tertiary/aromatic N) is 1. The van der Waals surface area contributed by atoms with Gasteiger partial charge < -0.3 is 4.90 Å². The second kappa shape index (κ2) is 10.3. The van der Waals surface area contributed by atoms with Gasteiger partial charge in [-0.2, -0.15) is 0 Å². The van der Waals surface area contributed by atoms with Gasteiger partial charge in [0.15, 0.2) is 0 Å². The third kappa shape index (κ3) is 5.83. The van der Waals surface area contributed by atoms with Gasteiger partial charge in [-0.1, -0.05) is 67.9 Å². The fraction of sp³-hybridized carbons (Fsp3) is 0.520. The molecule has 0 N–H and O–H groups in total. The van der Waals surface area contributed by atoms with Crippen LogP contribution in [0.15, 0.2) is 54.6 Å². The van der Waals surface area contributed by atoms with E-state index in [-0.39, 0.29) is 0 Å². The van der Waals surface area contributed by atoms with E-state index in [1.165, 1.54) is 42.4 Å². The van der Waals surface area contributed by atoms with Crippen LogP contribution in [0.1, 0.15) is 62.1 Å². The summed E-state index contributed by atoms with van der Waals surface area (Å²) >= 11 is 6.47. The van der Waals surface area contributed by atoms with Gasteiger partial charge in [-0.05, 0) is 62.3 Å². The average Bonchev–Trinajstić information content (AvgIpc) is 3.14. The number of hydrogen-bond donors (Lipinski definition) is 0. The van der Waals surface area contributed by atoms with Crippen molar-refractivity contribution in [1.29, 1.82) is 0 Å². The van der Waals surface area contributed by atoms with Gasteiger partial charge in [0.2, 0.25) is 0 Å². The minimum absolute atomic E-state index is 0.332. The van der Waals surface area contributed by atoms with Crippen molar-refractivity contribution in [2.75, 3.05) is 13.1 Å². The molecule has 3 unspecified atom stereocenters. The Bertz CT molecular complexity index is 666. The molecule has 1 aliphatic carbocycles. The molecule has 2 aromatic carbocycles. The average molecular weight is 384 g/mol. The van der Waals surface area contributed by atoms with Crippen LogP contribution in [0, 0.1) is 0 Å². The molecule has 1 saturated carbocycles. The summed E-state index contributed by atoms with van der Waals surface area (Å²) in [6, 6.07) is 20.7. The van der Waals surface area contributed by atoms with Crippen LogP contribution in [0.2, 0.25) is 0 Å². The van der Waals surface area contributed by atoms with Crippen molar-refractivity contribution in [2.24, 2.45) is 0 Å². The van der Waals surface area contributed by atoms with Crippen molar-refractivity contribution in [3.63, 3.8) is 0 Å². The SMILES string of the molecule is CCN(CCc1ccccc1)C(C)CCc1ccc(C2CCCC2Cl)cc1.